The minimum Gasteiger partial charge on any atom is -0.383 e. The summed E-state index contributed by atoms with van der Waals surface area (Å²) in [5.74, 6) is 0.140. The summed E-state index contributed by atoms with van der Waals surface area (Å²) in [6.07, 6.45) is 2.76. The number of hydrogen-bond donors (Lipinski definition) is 2. The van der Waals surface area contributed by atoms with Crippen molar-refractivity contribution in [1.29, 1.82) is 0 Å². The Morgan fingerprint density at radius 2 is 1.95 bits per heavy atom. The molecule has 2 aromatic heterocycles. The minimum atomic E-state index is -0.424. The number of nitrogens with zero attached hydrogens (tertiary/aromatic N) is 2. The number of ether oxygens (including phenoxy) is 1. The van der Waals surface area contributed by atoms with Crippen LogP contribution in [0, 0.1) is 6.92 Å². The van der Waals surface area contributed by atoms with Crippen LogP contribution in [0.25, 0.3) is 0 Å². The summed E-state index contributed by atoms with van der Waals surface area (Å²) in [4.78, 5) is 27.9. The SMILES string of the molecule is COCCNC(=O)c1cncc(C(=O)Nc2cc(C)on2)c1. The fraction of sp³-hybridized carbons (Fsp3) is 0.286. The van der Waals surface area contributed by atoms with Gasteiger partial charge in [0.1, 0.15) is 5.76 Å². The first-order valence-electron chi connectivity index (χ1n) is 6.57. The number of methoxy groups -OCH3 is 1. The van der Waals surface area contributed by atoms with Crippen LogP contribution in [0.15, 0.2) is 29.0 Å². The smallest absolute Gasteiger partial charge is 0.258 e. The summed E-state index contributed by atoms with van der Waals surface area (Å²) in [5.41, 5.74) is 0.542. The lowest BCUT2D eigenvalue weighted by Crippen LogP contribution is -2.27. The van der Waals surface area contributed by atoms with Gasteiger partial charge in [-0.1, -0.05) is 5.16 Å². The Labute approximate surface area is 126 Å². The molecule has 0 atom stereocenters. The van der Waals surface area contributed by atoms with E-state index < -0.39 is 5.91 Å². The van der Waals surface area contributed by atoms with Crippen LogP contribution in [0.5, 0.6) is 0 Å². The zero-order valence-corrected chi connectivity index (χ0v) is 12.3. The fourth-order valence-electron chi connectivity index (χ4n) is 1.67. The van der Waals surface area contributed by atoms with Crippen molar-refractivity contribution < 1.29 is 18.8 Å². The molecule has 0 spiro atoms. The number of carbonyl (C=O) groups is 2. The van der Waals surface area contributed by atoms with Crippen LogP contribution in [0.3, 0.4) is 0 Å². The third kappa shape index (κ3) is 4.13. The molecular weight excluding hydrogens is 288 g/mol. The monoisotopic (exact) mass is 304 g/mol. The van der Waals surface area contributed by atoms with E-state index in [9.17, 15) is 9.59 Å². The van der Waals surface area contributed by atoms with Crippen LogP contribution >= 0.6 is 0 Å². The maximum atomic E-state index is 12.1. The highest BCUT2D eigenvalue weighted by Gasteiger charge is 2.12. The molecule has 0 saturated carbocycles. The highest BCUT2D eigenvalue weighted by Crippen LogP contribution is 2.10. The molecule has 0 aromatic carbocycles. The molecule has 0 bridgehead atoms. The van der Waals surface area contributed by atoms with Crippen molar-refractivity contribution in [2.24, 2.45) is 0 Å². The van der Waals surface area contributed by atoms with Gasteiger partial charge in [0.25, 0.3) is 11.8 Å². The molecule has 0 aliphatic carbocycles. The van der Waals surface area contributed by atoms with Gasteiger partial charge in [-0.3, -0.25) is 14.6 Å². The Kier molecular flexibility index (Phi) is 5.21. The van der Waals surface area contributed by atoms with E-state index in [0.29, 0.717) is 30.3 Å². The average Bonchev–Trinajstić information content (AvgIpc) is 2.92. The van der Waals surface area contributed by atoms with Gasteiger partial charge in [-0.05, 0) is 13.0 Å². The average molecular weight is 304 g/mol. The summed E-state index contributed by atoms with van der Waals surface area (Å²) in [7, 11) is 1.55. The standard InChI is InChI=1S/C14H16N4O4/c1-9-5-12(18-22-9)17-14(20)11-6-10(7-15-8-11)13(19)16-3-4-21-2/h5-8H,3-4H2,1-2H3,(H,16,19)(H,17,18,20). The van der Waals surface area contributed by atoms with Gasteiger partial charge in [0.2, 0.25) is 0 Å². The van der Waals surface area contributed by atoms with Gasteiger partial charge in [-0.15, -0.1) is 0 Å². The molecule has 2 amide bonds. The Bertz CT molecular complexity index is 668. The molecule has 8 heteroatoms. The third-order valence-electron chi connectivity index (χ3n) is 2.72. The first kappa shape index (κ1) is 15.6. The number of pyridine rings is 1. The Morgan fingerprint density at radius 1 is 1.23 bits per heavy atom. The highest BCUT2D eigenvalue weighted by atomic mass is 16.5. The van der Waals surface area contributed by atoms with Crippen LogP contribution < -0.4 is 10.6 Å². The van der Waals surface area contributed by atoms with Crippen molar-refractivity contribution in [3.05, 3.63) is 41.4 Å². The first-order valence-corrected chi connectivity index (χ1v) is 6.57. The van der Waals surface area contributed by atoms with E-state index in [4.69, 9.17) is 9.26 Å². The summed E-state index contributed by atoms with van der Waals surface area (Å²) in [5, 5.41) is 8.89. The second-order valence-electron chi connectivity index (χ2n) is 4.49. The Balaban J connectivity index is 2.04. The molecule has 2 rings (SSSR count). The molecule has 0 aliphatic rings. The second-order valence-corrected chi connectivity index (χ2v) is 4.49. The van der Waals surface area contributed by atoms with E-state index in [2.05, 4.69) is 20.8 Å². The third-order valence-corrected chi connectivity index (χ3v) is 2.72. The molecule has 0 radical (unpaired) electrons. The first-order chi connectivity index (χ1) is 10.6. The van der Waals surface area contributed by atoms with E-state index in [0.717, 1.165) is 0 Å². The highest BCUT2D eigenvalue weighted by molar-refractivity contribution is 6.05. The molecule has 116 valence electrons. The molecule has 2 heterocycles. The molecular formula is C14H16N4O4. The van der Waals surface area contributed by atoms with Gasteiger partial charge < -0.3 is 19.9 Å². The van der Waals surface area contributed by atoms with E-state index >= 15 is 0 Å². The quantitative estimate of drug-likeness (QED) is 0.771. The normalized spacial score (nSPS) is 10.3. The number of nitrogens with one attached hydrogen (secondary N) is 2. The number of aryl methyl sites for hydroxylation is 1. The molecule has 22 heavy (non-hydrogen) atoms. The maximum Gasteiger partial charge on any atom is 0.258 e. The zero-order valence-electron chi connectivity index (χ0n) is 12.3. The van der Waals surface area contributed by atoms with Crippen molar-refractivity contribution in [2.45, 2.75) is 6.92 Å². The molecule has 0 fully saturated rings. The van der Waals surface area contributed by atoms with Crippen LogP contribution in [-0.4, -0.2) is 42.2 Å². The molecule has 2 aromatic rings. The van der Waals surface area contributed by atoms with Gasteiger partial charge in [0, 0.05) is 32.1 Å². The number of amides is 2. The molecule has 8 nitrogen and oxygen atoms in total. The van der Waals surface area contributed by atoms with Crippen LogP contribution in [0.1, 0.15) is 26.5 Å². The lowest BCUT2D eigenvalue weighted by Gasteiger charge is -2.06. The Morgan fingerprint density at radius 3 is 2.59 bits per heavy atom. The topological polar surface area (TPSA) is 106 Å². The molecule has 2 N–H and O–H groups in total. The van der Waals surface area contributed by atoms with Gasteiger partial charge in [0.15, 0.2) is 5.82 Å². The van der Waals surface area contributed by atoms with Crippen molar-refractivity contribution in [1.82, 2.24) is 15.5 Å². The fourth-order valence-corrected chi connectivity index (χ4v) is 1.67. The summed E-state index contributed by atoms with van der Waals surface area (Å²) >= 11 is 0. The molecule has 0 unspecified atom stereocenters. The minimum absolute atomic E-state index is 0.250. The predicted molar refractivity (Wildman–Crippen MR) is 77.6 cm³/mol. The van der Waals surface area contributed by atoms with Gasteiger partial charge >= 0.3 is 0 Å². The van der Waals surface area contributed by atoms with Crippen molar-refractivity contribution >= 4 is 17.6 Å². The lowest BCUT2D eigenvalue weighted by molar-refractivity contribution is 0.0936. The van der Waals surface area contributed by atoms with Crippen molar-refractivity contribution in [3.8, 4) is 0 Å². The van der Waals surface area contributed by atoms with E-state index in [1.54, 1.807) is 20.1 Å². The van der Waals surface area contributed by atoms with E-state index in [1.807, 2.05) is 0 Å². The summed E-state index contributed by atoms with van der Waals surface area (Å²) in [6, 6.07) is 3.05. The van der Waals surface area contributed by atoms with E-state index in [1.165, 1.54) is 18.5 Å². The largest absolute Gasteiger partial charge is 0.383 e. The molecule has 0 saturated heterocycles. The zero-order chi connectivity index (χ0) is 15.9. The number of rotatable bonds is 6. The van der Waals surface area contributed by atoms with E-state index in [-0.39, 0.29) is 11.5 Å². The van der Waals surface area contributed by atoms with Crippen LogP contribution in [0.4, 0.5) is 5.82 Å². The maximum absolute atomic E-state index is 12.1. The number of carbonyl (C=O) groups excluding carboxylic acids is 2. The van der Waals surface area contributed by atoms with Crippen LogP contribution in [0.2, 0.25) is 0 Å². The van der Waals surface area contributed by atoms with Crippen LogP contribution in [-0.2, 0) is 4.74 Å². The molecule has 0 aliphatic heterocycles. The van der Waals surface area contributed by atoms with Gasteiger partial charge in [-0.25, -0.2) is 0 Å². The van der Waals surface area contributed by atoms with Gasteiger partial charge in [-0.2, -0.15) is 0 Å². The second kappa shape index (κ2) is 7.32. The number of hydrogen-bond acceptors (Lipinski definition) is 6. The predicted octanol–water partition coefficient (Wildman–Crippen LogP) is 1.01. The van der Waals surface area contributed by atoms with Gasteiger partial charge in [0.05, 0.1) is 17.7 Å². The summed E-state index contributed by atoms with van der Waals surface area (Å²) in [6.45, 7) is 2.50. The lowest BCUT2D eigenvalue weighted by atomic mass is 10.2. The Hall–Kier alpha value is -2.74. The van der Waals surface area contributed by atoms with Crippen molar-refractivity contribution in [2.75, 3.05) is 25.6 Å². The number of aromatic nitrogens is 2. The number of anilines is 1. The summed E-state index contributed by atoms with van der Waals surface area (Å²) < 4.78 is 9.71. The van der Waals surface area contributed by atoms with Crippen molar-refractivity contribution in [3.63, 3.8) is 0 Å².